The lowest BCUT2D eigenvalue weighted by Crippen LogP contribution is -2.04. The maximum Gasteiger partial charge on any atom is 0.330 e. The van der Waals surface area contributed by atoms with Crippen LogP contribution in [0.3, 0.4) is 0 Å². The molecule has 6 nitrogen and oxygen atoms in total. The van der Waals surface area contributed by atoms with Gasteiger partial charge in [-0.15, -0.1) is 0 Å². The first kappa shape index (κ1) is 13.3. The summed E-state index contributed by atoms with van der Waals surface area (Å²) < 4.78 is 8.42. The van der Waals surface area contributed by atoms with E-state index in [9.17, 15) is 14.4 Å². The van der Waals surface area contributed by atoms with Crippen molar-refractivity contribution in [2.24, 2.45) is 0 Å². The zero-order valence-corrected chi connectivity index (χ0v) is 8.10. The number of aliphatic hydroxyl groups excluding tert-OH is 1. The van der Waals surface area contributed by atoms with Crippen LogP contribution in [0.4, 0.5) is 0 Å². The van der Waals surface area contributed by atoms with Gasteiger partial charge >= 0.3 is 17.9 Å². The predicted octanol–water partition coefficient (Wildman–Crippen LogP) is -0.442. The van der Waals surface area contributed by atoms with Gasteiger partial charge in [0.2, 0.25) is 0 Å². The number of cyclic esters (lactones) is 2. The van der Waals surface area contributed by atoms with Gasteiger partial charge in [-0.2, -0.15) is 0 Å². The lowest BCUT2D eigenvalue weighted by molar-refractivity contribution is -0.152. The molecule has 1 aliphatic heterocycles. The van der Waals surface area contributed by atoms with Gasteiger partial charge in [-0.05, 0) is 0 Å². The van der Waals surface area contributed by atoms with E-state index in [0.29, 0.717) is 0 Å². The van der Waals surface area contributed by atoms with E-state index >= 15 is 0 Å². The molecule has 0 aromatic rings. The quantitative estimate of drug-likeness (QED) is 0.390. The number of rotatable bonds is 3. The number of aliphatic hydroxyl groups is 1. The molecule has 6 heteroatoms. The van der Waals surface area contributed by atoms with Gasteiger partial charge in [-0.1, -0.05) is 6.58 Å². The van der Waals surface area contributed by atoms with Crippen molar-refractivity contribution in [2.75, 3.05) is 13.2 Å². The Morgan fingerprint density at radius 2 is 2.00 bits per heavy atom. The van der Waals surface area contributed by atoms with E-state index < -0.39 is 17.9 Å². The minimum Gasteiger partial charge on any atom is -0.460 e. The zero-order chi connectivity index (χ0) is 11.7. The Balaban J connectivity index is 0.000000262. The van der Waals surface area contributed by atoms with Crippen LogP contribution in [0.15, 0.2) is 12.7 Å². The molecule has 1 heterocycles. The lowest BCUT2D eigenvalue weighted by atomic mass is 10.4. The van der Waals surface area contributed by atoms with E-state index in [4.69, 9.17) is 5.11 Å². The highest BCUT2D eigenvalue weighted by Crippen LogP contribution is 2.03. The van der Waals surface area contributed by atoms with Crippen LogP contribution in [0, 0.1) is 0 Å². The average molecular weight is 216 g/mol. The van der Waals surface area contributed by atoms with Gasteiger partial charge < -0.3 is 14.6 Å². The third-order valence-electron chi connectivity index (χ3n) is 1.26. The number of ether oxygens (including phenoxy) is 2. The molecule has 1 rings (SSSR count). The van der Waals surface area contributed by atoms with Crippen molar-refractivity contribution in [3.05, 3.63) is 12.7 Å². The summed E-state index contributed by atoms with van der Waals surface area (Å²) in [5.41, 5.74) is 0. The highest BCUT2D eigenvalue weighted by atomic mass is 16.6. The van der Waals surface area contributed by atoms with Crippen LogP contribution in [0.5, 0.6) is 0 Å². The van der Waals surface area contributed by atoms with Crippen LogP contribution in [0.2, 0.25) is 0 Å². The second kappa shape index (κ2) is 7.69. The second-order valence-electron chi connectivity index (χ2n) is 2.44. The molecule has 84 valence electrons. The Bertz CT molecular complexity index is 243. The smallest absolute Gasteiger partial charge is 0.330 e. The molecule has 0 aliphatic carbocycles. The van der Waals surface area contributed by atoms with E-state index in [1.54, 1.807) is 0 Å². The van der Waals surface area contributed by atoms with Crippen LogP contribution in [0.25, 0.3) is 0 Å². The fourth-order valence-corrected chi connectivity index (χ4v) is 0.638. The van der Waals surface area contributed by atoms with E-state index in [1.807, 2.05) is 0 Å². The highest BCUT2D eigenvalue weighted by molar-refractivity contribution is 5.92. The molecule has 1 aliphatic rings. The van der Waals surface area contributed by atoms with E-state index in [1.165, 1.54) is 0 Å². The molecule has 15 heavy (non-hydrogen) atoms. The van der Waals surface area contributed by atoms with Crippen molar-refractivity contribution in [3.8, 4) is 0 Å². The van der Waals surface area contributed by atoms with Crippen molar-refractivity contribution in [1.82, 2.24) is 0 Å². The summed E-state index contributed by atoms with van der Waals surface area (Å²) in [4.78, 5) is 30.1. The van der Waals surface area contributed by atoms with E-state index in [-0.39, 0.29) is 26.1 Å². The molecule has 0 aromatic heterocycles. The van der Waals surface area contributed by atoms with Gasteiger partial charge in [-0.3, -0.25) is 9.59 Å². The topological polar surface area (TPSA) is 89.9 Å². The van der Waals surface area contributed by atoms with Gasteiger partial charge in [0.15, 0.2) is 0 Å². The molecular weight excluding hydrogens is 204 g/mol. The monoisotopic (exact) mass is 216 g/mol. The minimum atomic E-state index is -0.501. The summed E-state index contributed by atoms with van der Waals surface area (Å²) in [6.45, 7) is 3.06. The fraction of sp³-hybridized carbons (Fsp3) is 0.444. The molecule has 0 unspecified atom stereocenters. The van der Waals surface area contributed by atoms with Gasteiger partial charge in [0.1, 0.15) is 6.61 Å². The van der Waals surface area contributed by atoms with Crippen molar-refractivity contribution in [2.45, 2.75) is 12.8 Å². The maximum atomic E-state index is 10.1. The first-order valence-electron chi connectivity index (χ1n) is 4.23. The molecule has 0 radical (unpaired) electrons. The average Bonchev–Trinajstić information content (AvgIpc) is 2.59. The molecular formula is C9H12O6. The van der Waals surface area contributed by atoms with Gasteiger partial charge in [-0.25, -0.2) is 4.79 Å². The van der Waals surface area contributed by atoms with E-state index in [2.05, 4.69) is 16.1 Å². The third kappa shape index (κ3) is 7.39. The van der Waals surface area contributed by atoms with Crippen molar-refractivity contribution in [3.63, 3.8) is 0 Å². The molecule has 0 aromatic carbocycles. The Labute approximate surface area is 86.5 Å². The largest absolute Gasteiger partial charge is 0.460 e. The van der Waals surface area contributed by atoms with Crippen LogP contribution in [0.1, 0.15) is 12.8 Å². The maximum absolute atomic E-state index is 10.1. The third-order valence-corrected chi connectivity index (χ3v) is 1.26. The Morgan fingerprint density at radius 1 is 1.47 bits per heavy atom. The fourth-order valence-electron chi connectivity index (χ4n) is 0.638. The highest BCUT2D eigenvalue weighted by Gasteiger charge is 2.19. The molecule has 1 N–H and O–H groups in total. The Morgan fingerprint density at radius 3 is 2.27 bits per heavy atom. The van der Waals surface area contributed by atoms with Crippen molar-refractivity contribution in [1.29, 1.82) is 0 Å². The normalized spacial score (nSPS) is 13.7. The zero-order valence-electron chi connectivity index (χ0n) is 8.10. The number of esters is 3. The second-order valence-corrected chi connectivity index (χ2v) is 2.44. The first-order valence-corrected chi connectivity index (χ1v) is 4.23. The van der Waals surface area contributed by atoms with Gasteiger partial charge in [0.05, 0.1) is 19.4 Å². The minimum absolute atomic E-state index is 0.0465. The van der Waals surface area contributed by atoms with Gasteiger partial charge in [0, 0.05) is 6.08 Å². The van der Waals surface area contributed by atoms with Gasteiger partial charge in [0.25, 0.3) is 0 Å². The van der Waals surface area contributed by atoms with Crippen molar-refractivity contribution >= 4 is 17.9 Å². The summed E-state index contributed by atoms with van der Waals surface area (Å²) in [6.07, 6.45) is 1.58. The molecule has 0 amide bonds. The molecule has 0 saturated carbocycles. The standard InChI is InChI=1S/C5H8O3.C4H4O3/c1-2-5(7)8-4-3-6;5-3-1-2-4(6)7-3/h2,6H,1,3-4H2;1-2H2. The number of hydrogen-bond donors (Lipinski definition) is 1. The Kier molecular flexibility index (Phi) is 6.82. The summed E-state index contributed by atoms with van der Waals surface area (Å²) in [7, 11) is 0. The van der Waals surface area contributed by atoms with E-state index in [0.717, 1.165) is 6.08 Å². The molecule has 0 bridgehead atoms. The van der Waals surface area contributed by atoms with Crippen LogP contribution < -0.4 is 0 Å². The first-order chi connectivity index (χ1) is 7.10. The summed E-state index contributed by atoms with van der Waals surface area (Å²) in [6, 6.07) is 0. The molecule has 0 atom stereocenters. The Hall–Kier alpha value is -1.69. The lowest BCUT2D eigenvalue weighted by Gasteiger charge is -1.94. The number of carbonyl (C=O) groups excluding carboxylic acids is 3. The molecule has 1 fully saturated rings. The summed E-state index contributed by atoms with van der Waals surface area (Å²) in [5, 5.41) is 8.10. The molecule has 1 saturated heterocycles. The predicted molar refractivity (Wildman–Crippen MR) is 48.6 cm³/mol. The van der Waals surface area contributed by atoms with Crippen LogP contribution in [-0.4, -0.2) is 36.2 Å². The summed E-state index contributed by atoms with van der Waals surface area (Å²) in [5.74, 6) is -1.30. The van der Waals surface area contributed by atoms with Crippen LogP contribution in [-0.2, 0) is 23.9 Å². The number of carbonyl (C=O) groups is 3. The summed E-state index contributed by atoms with van der Waals surface area (Å²) >= 11 is 0. The van der Waals surface area contributed by atoms with Crippen molar-refractivity contribution < 1.29 is 29.0 Å². The SMILES string of the molecule is C=CC(=O)OCCO.O=C1CCC(=O)O1. The molecule has 0 spiro atoms. The number of hydrogen-bond acceptors (Lipinski definition) is 6. The van der Waals surface area contributed by atoms with Crippen LogP contribution >= 0.6 is 0 Å².